The van der Waals surface area contributed by atoms with E-state index in [9.17, 15) is 14.4 Å². The number of ether oxygens (including phenoxy) is 1. The Hall–Kier alpha value is -2.70. The number of hydrogen-bond donors (Lipinski definition) is 0. The van der Waals surface area contributed by atoms with Crippen LogP contribution in [0.2, 0.25) is 0 Å². The first-order valence-electron chi connectivity index (χ1n) is 11.0. The van der Waals surface area contributed by atoms with Crippen LogP contribution in [0.3, 0.4) is 0 Å². The molecule has 3 heterocycles. The molecule has 7 nitrogen and oxygen atoms in total. The van der Waals surface area contributed by atoms with Crippen molar-refractivity contribution in [2.45, 2.75) is 77.4 Å². The van der Waals surface area contributed by atoms with E-state index in [4.69, 9.17) is 4.74 Å². The van der Waals surface area contributed by atoms with Crippen molar-refractivity contribution in [3.63, 3.8) is 0 Å². The number of nitrogens with zero attached hydrogens (tertiary/aromatic N) is 3. The lowest BCUT2D eigenvalue weighted by molar-refractivity contribution is -0.140. The molecule has 0 N–H and O–H groups in total. The highest BCUT2D eigenvalue weighted by atomic mass is 16.5. The molecule has 1 aromatic carbocycles. The molecule has 0 saturated carbocycles. The Morgan fingerprint density at radius 3 is 2.63 bits per heavy atom. The van der Waals surface area contributed by atoms with Crippen molar-refractivity contribution in [2.75, 3.05) is 6.61 Å². The Bertz CT molecular complexity index is 1020. The van der Waals surface area contributed by atoms with E-state index in [0.29, 0.717) is 23.0 Å². The highest BCUT2D eigenvalue weighted by Gasteiger charge is 2.29. The normalized spacial score (nSPS) is 21.7. The number of fused-ring (bicyclic) bond motifs is 2. The zero-order valence-electron chi connectivity index (χ0n) is 17.7. The Morgan fingerprint density at radius 2 is 1.87 bits per heavy atom. The number of amides is 1. The van der Waals surface area contributed by atoms with E-state index in [-0.39, 0.29) is 30.2 Å². The number of carbonyl (C=O) groups excluding carboxylic acids is 2. The van der Waals surface area contributed by atoms with Crippen LogP contribution in [0.5, 0.6) is 0 Å². The van der Waals surface area contributed by atoms with Gasteiger partial charge in [0, 0.05) is 25.0 Å². The molecule has 4 rings (SSSR count). The first-order chi connectivity index (χ1) is 14.5. The minimum atomic E-state index is -0.570. The van der Waals surface area contributed by atoms with Crippen molar-refractivity contribution in [3.8, 4) is 0 Å². The molecule has 2 aliphatic rings. The second kappa shape index (κ2) is 8.58. The molecule has 160 valence electrons. The van der Waals surface area contributed by atoms with Gasteiger partial charge in [0.2, 0.25) is 0 Å². The Labute approximate surface area is 176 Å². The highest BCUT2D eigenvalue weighted by Crippen LogP contribution is 2.23. The van der Waals surface area contributed by atoms with Gasteiger partial charge in [-0.15, -0.1) is 0 Å². The molecule has 2 unspecified atom stereocenters. The number of aromatic nitrogens is 2. The molecule has 2 aromatic rings. The standard InChI is InChI=1S/C23H29N3O4/c1-15-7-6-8-16(2)26(15)21(27)14-30-23(29)17-10-11-18-19(13-17)24-20-9-4-3-5-12-25(20)22(18)28/h10-11,13,15-16H,3-9,12,14H2,1-2H3. The van der Waals surface area contributed by atoms with Crippen molar-refractivity contribution in [1.29, 1.82) is 0 Å². The van der Waals surface area contributed by atoms with Gasteiger partial charge in [-0.05, 0) is 64.2 Å². The Morgan fingerprint density at radius 1 is 1.10 bits per heavy atom. The number of hydrogen-bond acceptors (Lipinski definition) is 5. The molecular formula is C23H29N3O4. The fourth-order valence-electron chi connectivity index (χ4n) is 4.74. The monoisotopic (exact) mass is 411 g/mol. The molecule has 30 heavy (non-hydrogen) atoms. The average Bonchev–Trinajstić information content (AvgIpc) is 2.97. The van der Waals surface area contributed by atoms with Crippen molar-refractivity contribution in [2.24, 2.45) is 0 Å². The quantitative estimate of drug-likeness (QED) is 0.725. The Balaban J connectivity index is 1.51. The van der Waals surface area contributed by atoms with Gasteiger partial charge in [0.05, 0.1) is 16.5 Å². The minimum Gasteiger partial charge on any atom is -0.452 e. The fourth-order valence-corrected chi connectivity index (χ4v) is 4.74. The molecular weight excluding hydrogens is 382 g/mol. The maximum absolute atomic E-state index is 12.8. The van der Waals surface area contributed by atoms with Gasteiger partial charge in [-0.1, -0.05) is 6.42 Å². The second-order valence-electron chi connectivity index (χ2n) is 8.53. The lowest BCUT2D eigenvalue weighted by Gasteiger charge is -2.38. The number of likely N-dealkylation sites (tertiary alicyclic amines) is 1. The van der Waals surface area contributed by atoms with Crippen molar-refractivity contribution < 1.29 is 14.3 Å². The molecule has 1 amide bonds. The molecule has 0 radical (unpaired) electrons. The van der Waals surface area contributed by atoms with E-state index in [1.165, 1.54) is 0 Å². The molecule has 2 atom stereocenters. The molecule has 7 heteroatoms. The number of aryl methyl sites for hydroxylation is 1. The molecule has 0 spiro atoms. The summed E-state index contributed by atoms with van der Waals surface area (Å²) in [6, 6.07) is 5.13. The van der Waals surface area contributed by atoms with Crippen LogP contribution >= 0.6 is 0 Å². The van der Waals surface area contributed by atoms with Gasteiger partial charge < -0.3 is 9.64 Å². The van der Waals surface area contributed by atoms with E-state index >= 15 is 0 Å². The number of rotatable bonds is 3. The third-order valence-electron chi connectivity index (χ3n) is 6.36. The number of benzene rings is 1. The van der Waals surface area contributed by atoms with Crippen molar-refractivity contribution in [3.05, 3.63) is 39.9 Å². The lowest BCUT2D eigenvalue weighted by atomic mass is 9.97. The fraction of sp³-hybridized carbons (Fsp3) is 0.565. The van der Waals surface area contributed by atoms with Crippen LogP contribution in [-0.4, -0.2) is 45.0 Å². The van der Waals surface area contributed by atoms with Gasteiger partial charge in [-0.25, -0.2) is 9.78 Å². The van der Waals surface area contributed by atoms with Crippen LogP contribution in [0.15, 0.2) is 23.0 Å². The van der Waals surface area contributed by atoms with E-state index in [1.807, 2.05) is 18.7 Å². The number of carbonyl (C=O) groups is 2. The van der Waals surface area contributed by atoms with E-state index in [1.54, 1.807) is 22.8 Å². The van der Waals surface area contributed by atoms with Crippen LogP contribution < -0.4 is 5.56 Å². The Kier molecular flexibility index (Phi) is 5.88. The van der Waals surface area contributed by atoms with Gasteiger partial charge in [0.1, 0.15) is 5.82 Å². The number of esters is 1. The summed E-state index contributed by atoms with van der Waals surface area (Å²) in [5.41, 5.74) is 0.757. The van der Waals surface area contributed by atoms with Crippen molar-refractivity contribution >= 4 is 22.8 Å². The van der Waals surface area contributed by atoms with Gasteiger partial charge in [-0.2, -0.15) is 0 Å². The minimum absolute atomic E-state index is 0.0555. The summed E-state index contributed by atoms with van der Waals surface area (Å²) in [5.74, 6) is 0.0451. The predicted molar refractivity (Wildman–Crippen MR) is 113 cm³/mol. The van der Waals surface area contributed by atoms with Gasteiger partial charge in [0.15, 0.2) is 6.61 Å². The summed E-state index contributed by atoms with van der Waals surface area (Å²) in [4.78, 5) is 44.5. The first-order valence-corrected chi connectivity index (χ1v) is 11.0. The molecule has 0 aliphatic carbocycles. The first kappa shape index (κ1) is 20.6. The topological polar surface area (TPSA) is 81.5 Å². The smallest absolute Gasteiger partial charge is 0.338 e. The second-order valence-corrected chi connectivity index (χ2v) is 8.53. The molecule has 1 saturated heterocycles. The van der Waals surface area contributed by atoms with Gasteiger partial charge in [0.25, 0.3) is 11.5 Å². The molecule has 1 aromatic heterocycles. The van der Waals surface area contributed by atoms with E-state index in [2.05, 4.69) is 4.98 Å². The summed E-state index contributed by atoms with van der Waals surface area (Å²) < 4.78 is 7.07. The molecule has 1 fully saturated rings. The van der Waals surface area contributed by atoms with Crippen LogP contribution in [-0.2, 0) is 22.5 Å². The maximum Gasteiger partial charge on any atom is 0.338 e. The highest BCUT2D eigenvalue weighted by molar-refractivity contribution is 5.95. The van der Waals surface area contributed by atoms with Crippen LogP contribution in [0.1, 0.15) is 68.6 Å². The summed E-state index contributed by atoms with van der Waals surface area (Å²) >= 11 is 0. The summed E-state index contributed by atoms with van der Waals surface area (Å²) in [5, 5.41) is 0.504. The van der Waals surface area contributed by atoms with Crippen molar-refractivity contribution in [1.82, 2.24) is 14.5 Å². The van der Waals surface area contributed by atoms with E-state index in [0.717, 1.165) is 50.8 Å². The summed E-state index contributed by atoms with van der Waals surface area (Å²) in [6.45, 7) is 4.49. The zero-order valence-corrected chi connectivity index (χ0v) is 17.7. The van der Waals surface area contributed by atoms with Gasteiger partial charge in [-0.3, -0.25) is 14.2 Å². The largest absolute Gasteiger partial charge is 0.452 e. The van der Waals surface area contributed by atoms with E-state index < -0.39 is 5.97 Å². The van der Waals surface area contributed by atoms with Crippen LogP contribution in [0.4, 0.5) is 0 Å². The predicted octanol–water partition coefficient (Wildman–Crippen LogP) is 3.07. The number of piperidine rings is 1. The summed E-state index contributed by atoms with van der Waals surface area (Å²) in [7, 11) is 0. The maximum atomic E-state index is 12.8. The van der Waals surface area contributed by atoms with Gasteiger partial charge >= 0.3 is 5.97 Å². The van der Waals surface area contributed by atoms with Crippen LogP contribution in [0.25, 0.3) is 10.9 Å². The molecule has 2 aliphatic heterocycles. The lowest BCUT2D eigenvalue weighted by Crippen LogP contribution is -2.49. The summed E-state index contributed by atoms with van der Waals surface area (Å²) in [6.07, 6.45) is 6.89. The van der Waals surface area contributed by atoms with Crippen LogP contribution in [0, 0.1) is 0 Å². The zero-order chi connectivity index (χ0) is 21.3. The molecule has 0 bridgehead atoms. The SMILES string of the molecule is CC1CCCC(C)N1C(=O)COC(=O)c1ccc2c(=O)n3c(nc2c1)CCCCC3. The third kappa shape index (κ3) is 3.98. The average molecular weight is 412 g/mol. The third-order valence-corrected chi connectivity index (χ3v) is 6.36.